The van der Waals surface area contributed by atoms with Crippen molar-refractivity contribution in [3.8, 4) is 17.2 Å². The van der Waals surface area contributed by atoms with Crippen molar-refractivity contribution in [2.24, 2.45) is 0 Å². The van der Waals surface area contributed by atoms with Gasteiger partial charge in [0.2, 0.25) is 0 Å². The SMILES string of the molecule is CCCCC(c1ccc(-c2ccc(C#N)c(F)c2)cc1)C(F)c1ccc2ccccc2c1. The standard InChI is InChI=1S/C29H25F2N/c1-2-3-8-27(29(31)25-15-11-20-6-4-5-7-23(20)17-25)22-12-9-21(10-13-22)24-14-16-26(19-32)28(30)18-24/h4-7,9-18,27,29H,2-3,8H2,1H3. The van der Waals surface area contributed by atoms with E-state index >= 15 is 4.39 Å². The molecule has 4 rings (SSSR count). The Morgan fingerprint density at radius 1 is 0.812 bits per heavy atom. The molecular formula is C29H25F2N. The quantitative estimate of drug-likeness (QED) is 0.291. The van der Waals surface area contributed by atoms with Crippen molar-refractivity contribution in [2.45, 2.75) is 38.3 Å². The van der Waals surface area contributed by atoms with Crippen LogP contribution in [0.15, 0.2) is 84.9 Å². The molecule has 0 saturated carbocycles. The number of rotatable bonds is 7. The Kier molecular flexibility index (Phi) is 6.61. The zero-order chi connectivity index (χ0) is 22.5. The molecule has 0 amide bonds. The predicted molar refractivity (Wildman–Crippen MR) is 127 cm³/mol. The second-order valence-corrected chi connectivity index (χ2v) is 8.19. The van der Waals surface area contributed by atoms with E-state index in [4.69, 9.17) is 5.26 Å². The summed E-state index contributed by atoms with van der Waals surface area (Å²) >= 11 is 0. The van der Waals surface area contributed by atoms with Gasteiger partial charge in [0.05, 0.1) is 5.56 Å². The van der Waals surface area contributed by atoms with Crippen LogP contribution in [0.2, 0.25) is 0 Å². The lowest BCUT2D eigenvalue weighted by Crippen LogP contribution is -2.08. The van der Waals surface area contributed by atoms with E-state index in [1.165, 1.54) is 12.1 Å². The highest BCUT2D eigenvalue weighted by Crippen LogP contribution is 2.39. The fourth-order valence-electron chi connectivity index (χ4n) is 4.23. The molecule has 1 nitrogen and oxygen atoms in total. The van der Waals surface area contributed by atoms with Gasteiger partial charge >= 0.3 is 0 Å². The van der Waals surface area contributed by atoms with Gasteiger partial charge in [-0.15, -0.1) is 0 Å². The van der Waals surface area contributed by atoms with Crippen molar-refractivity contribution in [3.05, 3.63) is 107 Å². The average Bonchev–Trinajstić information content (AvgIpc) is 2.84. The van der Waals surface area contributed by atoms with Crippen LogP contribution in [0.4, 0.5) is 8.78 Å². The van der Waals surface area contributed by atoms with Gasteiger partial charge in [-0.05, 0) is 57.6 Å². The molecule has 3 heteroatoms. The van der Waals surface area contributed by atoms with Crippen molar-refractivity contribution in [3.63, 3.8) is 0 Å². The molecule has 4 aromatic carbocycles. The van der Waals surface area contributed by atoms with Gasteiger partial charge in [0.1, 0.15) is 18.1 Å². The van der Waals surface area contributed by atoms with Gasteiger partial charge in [-0.3, -0.25) is 0 Å². The summed E-state index contributed by atoms with van der Waals surface area (Å²) in [5.74, 6) is -0.780. The average molecular weight is 426 g/mol. The molecule has 0 heterocycles. The summed E-state index contributed by atoms with van der Waals surface area (Å²) < 4.78 is 29.8. The number of nitriles is 1. The molecule has 0 N–H and O–H groups in total. The van der Waals surface area contributed by atoms with Crippen LogP contribution in [0.5, 0.6) is 0 Å². The Balaban J connectivity index is 1.63. The largest absolute Gasteiger partial charge is 0.242 e. The van der Waals surface area contributed by atoms with Gasteiger partial charge in [-0.1, -0.05) is 86.5 Å². The fraction of sp³-hybridized carbons (Fsp3) is 0.207. The van der Waals surface area contributed by atoms with Crippen LogP contribution in [-0.4, -0.2) is 0 Å². The van der Waals surface area contributed by atoms with E-state index in [0.717, 1.165) is 41.2 Å². The molecule has 0 aliphatic heterocycles. The maximum Gasteiger partial charge on any atom is 0.141 e. The molecule has 0 aliphatic rings. The van der Waals surface area contributed by atoms with E-state index < -0.39 is 12.0 Å². The Bertz CT molecular complexity index is 1250. The molecular weight excluding hydrogens is 400 g/mol. The first kappa shape index (κ1) is 21.7. The molecule has 0 fully saturated rings. The molecule has 0 bridgehead atoms. The summed E-state index contributed by atoms with van der Waals surface area (Å²) in [4.78, 5) is 0. The number of hydrogen-bond acceptors (Lipinski definition) is 1. The number of nitrogens with zero attached hydrogens (tertiary/aromatic N) is 1. The summed E-state index contributed by atoms with van der Waals surface area (Å²) in [6, 6.07) is 28.0. The lowest BCUT2D eigenvalue weighted by molar-refractivity contribution is 0.274. The third-order valence-corrected chi connectivity index (χ3v) is 6.08. The zero-order valence-corrected chi connectivity index (χ0v) is 18.1. The summed E-state index contributed by atoms with van der Waals surface area (Å²) in [5, 5.41) is 11.1. The zero-order valence-electron chi connectivity index (χ0n) is 18.1. The lowest BCUT2D eigenvalue weighted by atomic mass is 9.85. The molecule has 160 valence electrons. The molecule has 4 aromatic rings. The first-order chi connectivity index (χ1) is 15.6. The van der Waals surface area contributed by atoms with Gasteiger partial charge in [-0.25, -0.2) is 8.78 Å². The molecule has 0 aliphatic carbocycles. The number of benzene rings is 4. The highest BCUT2D eigenvalue weighted by atomic mass is 19.1. The normalized spacial score (nSPS) is 12.9. The Labute approximate surface area is 188 Å². The number of unbranched alkanes of at least 4 members (excludes halogenated alkanes) is 1. The van der Waals surface area contributed by atoms with Crippen molar-refractivity contribution >= 4 is 10.8 Å². The van der Waals surface area contributed by atoms with E-state index in [2.05, 4.69) is 6.92 Å². The monoisotopic (exact) mass is 425 g/mol. The Morgan fingerprint density at radius 3 is 2.19 bits per heavy atom. The van der Waals surface area contributed by atoms with Gasteiger partial charge in [0.15, 0.2) is 0 Å². The molecule has 0 aromatic heterocycles. The fourth-order valence-corrected chi connectivity index (χ4v) is 4.23. The Hall–Kier alpha value is -3.51. The first-order valence-electron chi connectivity index (χ1n) is 11.0. The van der Waals surface area contributed by atoms with E-state index in [9.17, 15) is 4.39 Å². The smallest absolute Gasteiger partial charge is 0.141 e. The molecule has 2 atom stereocenters. The molecule has 2 unspecified atom stereocenters. The van der Waals surface area contributed by atoms with E-state index in [1.807, 2.05) is 72.8 Å². The van der Waals surface area contributed by atoms with Gasteiger partial charge in [0, 0.05) is 5.92 Å². The van der Waals surface area contributed by atoms with Crippen LogP contribution < -0.4 is 0 Å². The summed E-state index contributed by atoms with van der Waals surface area (Å²) in [6.07, 6.45) is 1.60. The maximum atomic E-state index is 15.8. The van der Waals surface area contributed by atoms with Crippen molar-refractivity contribution in [1.29, 1.82) is 5.26 Å². The predicted octanol–water partition coefficient (Wildman–Crippen LogP) is 8.50. The lowest BCUT2D eigenvalue weighted by Gasteiger charge is -2.23. The number of alkyl halides is 1. The van der Waals surface area contributed by atoms with Crippen LogP contribution in [0.3, 0.4) is 0 Å². The van der Waals surface area contributed by atoms with Crippen LogP contribution in [0.1, 0.15) is 55.0 Å². The van der Waals surface area contributed by atoms with E-state index in [-0.39, 0.29) is 11.5 Å². The molecule has 0 spiro atoms. The molecule has 0 radical (unpaired) electrons. The van der Waals surface area contributed by atoms with Gasteiger partial charge in [-0.2, -0.15) is 5.26 Å². The van der Waals surface area contributed by atoms with Crippen LogP contribution in [0, 0.1) is 17.1 Å². The highest BCUT2D eigenvalue weighted by Gasteiger charge is 2.24. The minimum atomic E-state index is -1.11. The highest BCUT2D eigenvalue weighted by molar-refractivity contribution is 5.83. The van der Waals surface area contributed by atoms with Gasteiger partial charge < -0.3 is 0 Å². The van der Waals surface area contributed by atoms with Crippen LogP contribution in [-0.2, 0) is 0 Å². The van der Waals surface area contributed by atoms with Crippen LogP contribution >= 0.6 is 0 Å². The number of hydrogen-bond donors (Lipinski definition) is 0. The third-order valence-electron chi connectivity index (χ3n) is 6.08. The molecule has 0 saturated heterocycles. The third kappa shape index (κ3) is 4.55. The van der Waals surface area contributed by atoms with E-state index in [1.54, 1.807) is 6.07 Å². The summed E-state index contributed by atoms with van der Waals surface area (Å²) in [7, 11) is 0. The van der Waals surface area contributed by atoms with Crippen molar-refractivity contribution < 1.29 is 8.78 Å². The summed E-state index contributed by atoms with van der Waals surface area (Å²) in [5.41, 5.74) is 3.21. The maximum absolute atomic E-state index is 15.8. The number of halogens is 2. The summed E-state index contributed by atoms with van der Waals surface area (Å²) in [6.45, 7) is 2.11. The minimum Gasteiger partial charge on any atom is -0.242 e. The molecule has 32 heavy (non-hydrogen) atoms. The van der Waals surface area contributed by atoms with Crippen LogP contribution in [0.25, 0.3) is 21.9 Å². The van der Waals surface area contributed by atoms with Gasteiger partial charge in [0.25, 0.3) is 0 Å². The van der Waals surface area contributed by atoms with Crippen molar-refractivity contribution in [1.82, 2.24) is 0 Å². The van der Waals surface area contributed by atoms with E-state index in [0.29, 0.717) is 11.1 Å². The number of fused-ring (bicyclic) bond motifs is 1. The second-order valence-electron chi connectivity index (χ2n) is 8.19. The Morgan fingerprint density at radius 2 is 1.50 bits per heavy atom. The van der Waals surface area contributed by atoms with Crippen molar-refractivity contribution in [2.75, 3.05) is 0 Å². The first-order valence-corrected chi connectivity index (χ1v) is 11.0. The minimum absolute atomic E-state index is 0.0284. The topological polar surface area (TPSA) is 23.8 Å². The second kappa shape index (κ2) is 9.75.